The van der Waals surface area contributed by atoms with Crippen LogP contribution in [0.5, 0.6) is 0 Å². The molecule has 1 saturated heterocycles. The minimum absolute atomic E-state index is 0.304. The zero-order chi connectivity index (χ0) is 13.1. The van der Waals surface area contributed by atoms with Crippen LogP contribution in [0.4, 0.5) is 22.0 Å². The van der Waals surface area contributed by atoms with Crippen LogP contribution in [0.3, 0.4) is 0 Å². The van der Waals surface area contributed by atoms with E-state index in [0.29, 0.717) is 19.2 Å². The lowest BCUT2D eigenvalue weighted by molar-refractivity contribution is -0.266. The van der Waals surface area contributed by atoms with Gasteiger partial charge in [0.25, 0.3) is 0 Å². The quantitative estimate of drug-likeness (QED) is 0.572. The van der Waals surface area contributed by atoms with Gasteiger partial charge in [-0.3, -0.25) is 4.79 Å². The van der Waals surface area contributed by atoms with E-state index < -0.39 is 17.9 Å². The van der Waals surface area contributed by atoms with Crippen molar-refractivity contribution in [3.8, 4) is 0 Å². The van der Waals surface area contributed by atoms with Crippen LogP contribution in [0.25, 0.3) is 0 Å². The number of hydrogen-bond donors (Lipinski definition) is 0. The van der Waals surface area contributed by atoms with E-state index >= 15 is 0 Å². The maximum atomic E-state index is 12.5. The summed E-state index contributed by atoms with van der Waals surface area (Å²) in [6, 6.07) is 0. The molecule has 0 saturated carbocycles. The zero-order valence-electron chi connectivity index (χ0n) is 8.94. The Morgan fingerprint density at radius 3 is 2.00 bits per heavy atom. The second-order valence-electron chi connectivity index (χ2n) is 3.85. The monoisotopic (exact) mass is 257 g/mol. The van der Waals surface area contributed by atoms with Gasteiger partial charge in [0.1, 0.15) is 0 Å². The Balaban J connectivity index is 2.62. The van der Waals surface area contributed by atoms with Crippen LogP contribution >= 0.6 is 0 Å². The van der Waals surface area contributed by atoms with Crippen molar-refractivity contribution in [1.29, 1.82) is 0 Å². The number of halogens is 5. The summed E-state index contributed by atoms with van der Waals surface area (Å²) in [4.78, 5) is 12.3. The van der Waals surface area contributed by atoms with Crippen molar-refractivity contribution < 1.29 is 26.7 Å². The predicted octanol–water partition coefficient (Wildman–Crippen LogP) is 2.75. The van der Waals surface area contributed by atoms with Crippen LogP contribution in [0.2, 0.25) is 0 Å². The molecule has 98 valence electrons. The Labute approximate surface area is 95.1 Å². The van der Waals surface area contributed by atoms with Gasteiger partial charge in [0, 0.05) is 25.4 Å². The highest BCUT2D eigenvalue weighted by atomic mass is 19.4. The van der Waals surface area contributed by atoms with Gasteiger partial charge in [0.05, 0.1) is 0 Å². The summed E-state index contributed by atoms with van der Waals surface area (Å²) in [6.07, 6.45) is -1.84. The lowest BCUT2D eigenvalue weighted by atomic mass is 10.1. The molecule has 1 fully saturated rings. The molecular weight excluding hydrogens is 245 g/mol. The van der Waals surface area contributed by atoms with Gasteiger partial charge in [0.2, 0.25) is 5.78 Å². The summed E-state index contributed by atoms with van der Waals surface area (Å²) in [5, 5.41) is 0. The lowest BCUT2D eigenvalue weighted by Crippen LogP contribution is -2.43. The number of piperidine rings is 1. The van der Waals surface area contributed by atoms with Gasteiger partial charge in [-0.2, -0.15) is 22.0 Å². The fraction of sp³-hybridized carbons (Fsp3) is 0.700. The SMILES string of the molecule is O=C(C=CN1CCCCC1)C(F)(F)C(F)(F)F. The van der Waals surface area contributed by atoms with E-state index in [1.54, 1.807) is 4.90 Å². The molecule has 0 N–H and O–H groups in total. The first-order valence-electron chi connectivity index (χ1n) is 5.16. The minimum Gasteiger partial charge on any atom is -0.377 e. The van der Waals surface area contributed by atoms with Crippen molar-refractivity contribution in [2.24, 2.45) is 0 Å². The van der Waals surface area contributed by atoms with Gasteiger partial charge < -0.3 is 4.90 Å². The van der Waals surface area contributed by atoms with Crippen molar-refractivity contribution >= 4 is 5.78 Å². The molecule has 0 aromatic heterocycles. The molecule has 0 unspecified atom stereocenters. The van der Waals surface area contributed by atoms with Crippen molar-refractivity contribution in [3.63, 3.8) is 0 Å². The van der Waals surface area contributed by atoms with E-state index in [9.17, 15) is 26.7 Å². The van der Waals surface area contributed by atoms with E-state index in [-0.39, 0.29) is 0 Å². The maximum absolute atomic E-state index is 12.5. The zero-order valence-corrected chi connectivity index (χ0v) is 8.94. The average Bonchev–Trinajstić information content (AvgIpc) is 2.25. The second kappa shape index (κ2) is 5.01. The molecule has 1 rings (SSSR count). The predicted molar refractivity (Wildman–Crippen MR) is 50.6 cm³/mol. The highest BCUT2D eigenvalue weighted by Gasteiger charge is 2.62. The van der Waals surface area contributed by atoms with Crippen LogP contribution < -0.4 is 0 Å². The molecule has 0 aromatic rings. The van der Waals surface area contributed by atoms with Gasteiger partial charge >= 0.3 is 12.1 Å². The molecule has 0 spiro atoms. The topological polar surface area (TPSA) is 20.3 Å². The first-order valence-corrected chi connectivity index (χ1v) is 5.16. The van der Waals surface area contributed by atoms with Crippen molar-refractivity contribution in [3.05, 3.63) is 12.3 Å². The maximum Gasteiger partial charge on any atom is 0.461 e. The number of hydrogen-bond acceptors (Lipinski definition) is 2. The van der Waals surface area contributed by atoms with E-state index in [0.717, 1.165) is 25.5 Å². The van der Waals surface area contributed by atoms with Crippen LogP contribution in [0.1, 0.15) is 19.3 Å². The molecular formula is C10H12F5NO. The number of nitrogens with zero attached hydrogens (tertiary/aromatic N) is 1. The molecule has 0 amide bonds. The molecule has 7 heteroatoms. The fourth-order valence-corrected chi connectivity index (χ4v) is 1.48. The lowest BCUT2D eigenvalue weighted by Gasteiger charge is -2.25. The van der Waals surface area contributed by atoms with Gasteiger partial charge in [-0.1, -0.05) is 0 Å². The van der Waals surface area contributed by atoms with E-state index in [4.69, 9.17) is 0 Å². The van der Waals surface area contributed by atoms with Crippen LogP contribution in [-0.4, -0.2) is 35.9 Å². The summed E-state index contributed by atoms with van der Waals surface area (Å²) in [6.45, 7) is 1.14. The normalized spacial score (nSPS) is 18.8. The first-order chi connectivity index (χ1) is 7.75. The molecule has 2 nitrogen and oxygen atoms in total. The van der Waals surface area contributed by atoms with Crippen LogP contribution in [0, 0.1) is 0 Å². The molecule has 0 aliphatic carbocycles. The Hall–Kier alpha value is -1.14. The summed E-state index contributed by atoms with van der Waals surface area (Å²) in [7, 11) is 0. The smallest absolute Gasteiger partial charge is 0.377 e. The highest BCUT2D eigenvalue weighted by Crippen LogP contribution is 2.36. The number of carbonyl (C=O) groups excluding carboxylic acids is 1. The molecule has 1 heterocycles. The second-order valence-corrected chi connectivity index (χ2v) is 3.85. The summed E-state index contributed by atoms with van der Waals surface area (Å²) < 4.78 is 60.6. The molecule has 1 aliphatic heterocycles. The number of allylic oxidation sites excluding steroid dienone is 1. The van der Waals surface area contributed by atoms with Crippen LogP contribution in [0.15, 0.2) is 12.3 Å². The van der Waals surface area contributed by atoms with Crippen molar-refractivity contribution in [1.82, 2.24) is 4.90 Å². The summed E-state index contributed by atoms with van der Waals surface area (Å²) in [5.41, 5.74) is 0. The van der Waals surface area contributed by atoms with Gasteiger partial charge in [-0.25, -0.2) is 0 Å². The number of likely N-dealkylation sites (tertiary alicyclic amines) is 1. The van der Waals surface area contributed by atoms with Crippen LogP contribution in [-0.2, 0) is 4.79 Å². The Kier molecular flexibility index (Phi) is 4.11. The highest BCUT2D eigenvalue weighted by molar-refractivity contribution is 5.96. The summed E-state index contributed by atoms with van der Waals surface area (Å²) >= 11 is 0. The number of carbonyl (C=O) groups is 1. The summed E-state index contributed by atoms with van der Waals surface area (Å²) in [5.74, 6) is -7.53. The van der Waals surface area contributed by atoms with E-state index in [2.05, 4.69) is 0 Å². The fourth-order valence-electron chi connectivity index (χ4n) is 1.48. The number of ketones is 1. The molecule has 0 bridgehead atoms. The van der Waals surface area contributed by atoms with Gasteiger partial charge in [0.15, 0.2) is 0 Å². The van der Waals surface area contributed by atoms with Gasteiger partial charge in [-0.15, -0.1) is 0 Å². The van der Waals surface area contributed by atoms with Crippen molar-refractivity contribution in [2.45, 2.75) is 31.4 Å². The third-order valence-corrected chi connectivity index (χ3v) is 2.49. The molecule has 17 heavy (non-hydrogen) atoms. The first kappa shape index (κ1) is 13.9. The molecule has 0 radical (unpaired) electrons. The third-order valence-electron chi connectivity index (χ3n) is 2.49. The Morgan fingerprint density at radius 2 is 1.53 bits per heavy atom. The number of rotatable bonds is 3. The van der Waals surface area contributed by atoms with Gasteiger partial charge in [-0.05, 0) is 19.3 Å². The minimum atomic E-state index is -5.84. The molecule has 0 aromatic carbocycles. The van der Waals surface area contributed by atoms with Crippen molar-refractivity contribution in [2.75, 3.05) is 13.1 Å². The third kappa shape index (κ3) is 3.41. The standard InChI is InChI=1S/C10H12F5NO/c11-9(12,10(13,14)15)8(17)4-7-16-5-2-1-3-6-16/h4,7H,1-3,5-6H2. The molecule has 0 atom stereocenters. The largest absolute Gasteiger partial charge is 0.461 e. The van der Waals surface area contributed by atoms with E-state index in [1.165, 1.54) is 0 Å². The Bertz CT molecular complexity index is 304. The number of alkyl halides is 5. The molecule has 1 aliphatic rings. The van der Waals surface area contributed by atoms with E-state index in [1.807, 2.05) is 0 Å². The Morgan fingerprint density at radius 1 is 1.00 bits per heavy atom. The average molecular weight is 257 g/mol.